The number of aryl methyl sites for hydroxylation is 1. The number of nitrogens with zero attached hydrogens (tertiary/aromatic N) is 1. The van der Waals surface area contributed by atoms with E-state index in [0.29, 0.717) is 30.2 Å². The van der Waals surface area contributed by atoms with Crippen LogP contribution in [-0.4, -0.2) is 29.9 Å². The summed E-state index contributed by atoms with van der Waals surface area (Å²) in [5.41, 5.74) is 5.83. The van der Waals surface area contributed by atoms with Crippen molar-refractivity contribution in [3.05, 3.63) is 95.7 Å². The number of carbonyl (C=O) groups excluding carboxylic acids is 2. The molecule has 1 unspecified atom stereocenters. The van der Waals surface area contributed by atoms with E-state index in [9.17, 15) is 9.59 Å². The van der Waals surface area contributed by atoms with Crippen molar-refractivity contribution in [1.82, 2.24) is 5.16 Å². The molecule has 1 amide bonds. The van der Waals surface area contributed by atoms with Crippen LogP contribution in [-0.2, 0) is 27.1 Å². The van der Waals surface area contributed by atoms with Crippen molar-refractivity contribution >= 4 is 17.7 Å². The molecule has 190 valence electrons. The minimum atomic E-state index is -0.560. The highest BCUT2D eigenvalue weighted by Crippen LogP contribution is 2.32. The van der Waals surface area contributed by atoms with Gasteiger partial charge in [-0.05, 0) is 43.0 Å². The molecule has 7 heteroatoms. The molecule has 1 N–H and O–H groups in total. The fraction of sp³-hybridized carbons (Fsp3) is 0.233. The quantitative estimate of drug-likeness (QED) is 0.261. The maximum atomic E-state index is 12.6. The summed E-state index contributed by atoms with van der Waals surface area (Å²) >= 11 is 0. The largest absolute Gasteiger partial charge is 0.466 e. The summed E-state index contributed by atoms with van der Waals surface area (Å²) in [5.74, 6) is 0.224. The molecule has 37 heavy (non-hydrogen) atoms. The second-order valence-corrected chi connectivity index (χ2v) is 8.76. The lowest BCUT2D eigenvalue weighted by molar-refractivity contribution is -0.142. The molecule has 0 fully saturated rings. The van der Waals surface area contributed by atoms with Crippen LogP contribution in [0.3, 0.4) is 0 Å². The number of esters is 1. The van der Waals surface area contributed by atoms with E-state index < -0.39 is 6.09 Å². The van der Waals surface area contributed by atoms with Crippen LogP contribution in [0.5, 0.6) is 0 Å². The van der Waals surface area contributed by atoms with Crippen molar-refractivity contribution in [2.24, 2.45) is 0 Å². The minimum absolute atomic E-state index is 0.235. The van der Waals surface area contributed by atoms with E-state index in [1.165, 1.54) is 0 Å². The molecule has 0 aliphatic rings. The molecule has 4 rings (SSSR count). The van der Waals surface area contributed by atoms with Crippen LogP contribution in [0.25, 0.3) is 22.5 Å². The van der Waals surface area contributed by atoms with Crippen molar-refractivity contribution in [3.8, 4) is 22.5 Å². The van der Waals surface area contributed by atoms with Gasteiger partial charge in [0.05, 0.1) is 13.0 Å². The molecule has 7 nitrogen and oxygen atoms in total. The normalized spacial score (nSPS) is 11.5. The van der Waals surface area contributed by atoms with Crippen LogP contribution >= 0.6 is 0 Å². The Hall–Kier alpha value is -4.39. The highest BCUT2D eigenvalue weighted by Gasteiger charge is 2.19. The second kappa shape index (κ2) is 12.0. The zero-order valence-corrected chi connectivity index (χ0v) is 21.2. The maximum Gasteiger partial charge on any atom is 0.412 e. The van der Waals surface area contributed by atoms with Gasteiger partial charge in [-0.3, -0.25) is 10.1 Å². The first-order chi connectivity index (χ1) is 17.9. The van der Waals surface area contributed by atoms with Crippen molar-refractivity contribution in [3.63, 3.8) is 0 Å². The smallest absolute Gasteiger partial charge is 0.412 e. The highest BCUT2D eigenvalue weighted by atomic mass is 16.6. The van der Waals surface area contributed by atoms with E-state index in [1.807, 2.05) is 85.8 Å². The fourth-order valence-corrected chi connectivity index (χ4v) is 4.02. The number of ether oxygens (including phenoxy) is 2. The van der Waals surface area contributed by atoms with E-state index in [0.717, 1.165) is 27.8 Å². The van der Waals surface area contributed by atoms with Gasteiger partial charge in [-0.15, -0.1) is 0 Å². The molecular weight excluding hydrogens is 468 g/mol. The zero-order chi connectivity index (χ0) is 26.2. The second-order valence-electron chi connectivity index (χ2n) is 8.76. The third-order valence-corrected chi connectivity index (χ3v) is 5.85. The Morgan fingerprint density at radius 2 is 1.51 bits per heavy atom. The van der Waals surface area contributed by atoms with Crippen LogP contribution in [0.15, 0.2) is 83.4 Å². The Kier molecular flexibility index (Phi) is 8.36. The zero-order valence-electron chi connectivity index (χ0n) is 21.2. The van der Waals surface area contributed by atoms with Gasteiger partial charge in [0, 0.05) is 12.0 Å². The molecule has 1 atom stereocenters. The van der Waals surface area contributed by atoms with Gasteiger partial charge in [0.25, 0.3) is 0 Å². The molecule has 4 aromatic rings. The Morgan fingerprint density at radius 1 is 0.892 bits per heavy atom. The van der Waals surface area contributed by atoms with Crippen molar-refractivity contribution in [1.29, 1.82) is 0 Å². The molecule has 0 saturated carbocycles. The molecule has 0 aliphatic heterocycles. The number of anilines is 1. The molecule has 0 saturated heterocycles. The van der Waals surface area contributed by atoms with Gasteiger partial charge in [-0.2, -0.15) is 0 Å². The monoisotopic (exact) mass is 498 g/mol. The first-order valence-electron chi connectivity index (χ1n) is 12.3. The SMILES string of the molecule is CCOC(=O)Cc1ccc(-c2ccc(-c3onc(C)c3NC(=O)OC(C)Cc3ccccc3)cc2)cc1. The van der Waals surface area contributed by atoms with E-state index in [2.05, 4.69) is 10.5 Å². The lowest BCUT2D eigenvalue weighted by Gasteiger charge is -2.14. The Labute approximate surface area is 216 Å². The summed E-state index contributed by atoms with van der Waals surface area (Å²) in [6.45, 7) is 5.79. The Bertz CT molecular complexity index is 1330. The molecule has 0 aliphatic carbocycles. The van der Waals surface area contributed by atoms with Crippen LogP contribution in [0.1, 0.15) is 30.7 Å². The van der Waals surface area contributed by atoms with Gasteiger partial charge < -0.3 is 14.0 Å². The van der Waals surface area contributed by atoms with E-state index in [4.69, 9.17) is 14.0 Å². The molecular formula is C30H30N2O5. The first-order valence-corrected chi connectivity index (χ1v) is 12.3. The van der Waals surface area contributed by atoms with Crippen molar-refractivity contribution < 1.29 is 23.6 Å². The predicted molar refractivity (Wildman–Crippen MR) is 142 cm³/mol. The summed E-state index contributed by atoms with van der Waals surface area (Å²) in [4.78, 5) is 24.3. The third kappa shape index (κ3) is 6.85. The van der Waals surface area contributed by atoms with Gasteiger partial charge in [-0.1, -0.05) is 84.0 Å². The molecule has 3 aromatic carbocycles. The van der Waals surface area contributed by atoms with E-state index in [1.54, 1.807) is 13.8 Å². The number of carbonyl (C=O) groups is 2. The number of hydrogen-bond acceptors (Lipinski definition) is 6. The minimum Gasteiger partial charge on any atom is -0.466 e. The molecule has 0 bridgehead atoms. The van der Waals surface area contributed by atoms with Crippen LogP contribution in [0, 0.1) is 6.92 Å². The topological polar surface area (TPSA) is 90.7 Å². The van der Waals surface area contributed by atoms with Gasteiger partial charge in [-0.25, -0.2) is 4.79 Å². The lowest BCUT2D eigenvalue weighted by atomic mass is 10.0. The summed E-state index contributed by atoms with van der Waals surface area (Å²) in [7, 11) is 0. The van der Waals surface area contributed by atoms with Gasteiger partial charge >= 0.3 is 12.1 Å². The van der Waals surface area contributed by atoms with Crippen LogP contribution < -0.4 is 5.32 Å². The first kappa shape index (κ1) is 25.7. The molecule has 0 spiro atoms. The van der Waals surface area contributed by atoms with E-state index in [-0.39, 0.29) is 18.5 Å². The number of aromatic nitrogens is 1. The number of amides is 1. The molecule has 1 heterocycles. The van der Waals surface area contributed by atoms with Crippen LogP contribution in [0.4, 0.5) is 10.5 Å². The average Bonchev–Trinajstić information content (AvgIpc) is 3.25. The Morgan fingerprint density at radius 3 is 2.16 bits per heavy atom. The van der Waals surface area contributed by atoms with Gasteiger partial charge in [0.1, 0.15) is 17.5 Å². The summed E-state index contributed by atoms with van der Waals surface area (Å²) in [6.07, 6.45) is 0.0142. The fourth-order valence-electron chi connectivity index (χ4n) is 4.02. The highest BCUT2D eigenvalue weighted by molar-refractivity contribution is 5.91. The number of nitrogens with one attached hydrogen (secondary N) is 1. The summed E-state index contributed by atoms with van der Waals surface area (Å²) in [6, 6.07) is 25.4. The van der Waals surface area contributed by atoms with Gasteiger partial charge in [0.2, 0.25) is 0 Å². The lowest BCUT2D eigenvalue weighted by Crippen LogP contribution is -2.22. The predicted octanol–water partition coefficient (Wildman–Crippen LogP) is 6.60. The van der Waals surface area contributed by atoms with Crippen molar-refractivity contribution in [2.75, 3.05) is 11.9 Å². The average molecular weight is 499 g/mol. The van der Waals surface area contributed by atoms with Gasteiger partial charge in [0.15, 0.2) is 5.76 Å². The number of rotatable bonds is 9. The number of hydrogen-bond donors (Lipinski definition) is 1. The molecule has 1 aromatic heterocycles. The van der Waals surface area contributed by atoms with Crippen LogP contribution in [0.2, 0.25) is 0 Å². The Balaban J connectivity index is 1.41. The third-order valence-electron chi connectivity index (χ3n) is 5.85. The summed E-state index contributed by atoms with van der Waals surface area (Å²) in [5, 5.41) is 6.83. The standard InChI is InChI=1S/C30H30N2O5/c1-4-35-27(33)19-23-10-12-24(13-11-23)25-14-16-26(17-15-25)29-28(21(3)32-37-29)31-30(34)36-20(2)18-22-8-6-5-7-9-22/h5-17,20H,4,18-19H2,1-3H3,(H,31,34). The van der Waals surface area contributed by atoms with E-state index >= 15 is 0 Å². The summed E-state index contributed by atoms with van der Waals surface area (Å²) < 4.78 is 16.1. The maximum absolute atomic E-state index is 12.6. The molecule has 0 radical (unpaired) electrons. The number of benzene rings is 3. The van der Waals surface area contributed by atoms with Crippen molar-refractivity contribution in [2.45, 2.75) is 39.7 Å².